The lowest BCUT2D eigenvalue weighted by Gasteiger charge is -2.11. The quantitative estimate of drug-likeness (QED) is 0.313. The second kappa shape index (κ2) is 10.1. The van der Waals surface area contributed by atoms with Crippen LogP contribution in [0.15, 0.2) is 73.1 Å². The Hall–Kier alpha value is -4.70. The second-order valence-electron chi connectivity index (χ2n) is 7.40. The zero-order valence-corrected chi connectivity index (χ0v) is 19.1. The van der Waals surface area contributed by atoms with Crippen molar-refractivity contribution in [2.24, 2.45) is 0 Å². The van der Waals surface area contributed by atoms with Gasteiger partial charge in [0.25, 0.3) is 11.8 Å². The molecular formula is C24H19ClN6O4. The molecule has 0 bridgehead atoms. The van der Waals surface area contributed by atoms with Crippen LogP contribution in [0.3, 0.4) is 0 Å². The predicted octanol–water partition coefficient (Wildman–Crippen LogP) is 3.87. The third-order valence-electron chi connectivity index (χ3n) is 4.95. The fourth-order valence-electron chi connectivity index (χ4n) is 3.46. The molecule has 2 heterocycles. The number of nitrogens with zero attached hydrogens (tertiary/aromatic N) is 3. The smallest absolute Gasteiger partial charge is 0.425 e. The minimum Gasteiger partial charge on any atom is -0.464 e. The maximum absolute atomic E-state index is 13.3. The van der Waals surface area contributed by atoms with Crippen molar-refractivity contribution in [3.8, 4) is 22.4 Å². The molecule has 35 heavy (non-hydrogen) atoms. The molecule has 176 valence electrons. The van der Waals surface area contributed by atoms with Crippen molar-refractivity contribution in [1.82, 2.24) is 25.7 Å². The molecule has 0 atom stereocenters. The third kappa shape index (κ3) is 5.12. The molecule has 0 aliphatic rings. The Morgan fingerprint density at radius 1 is 0.971 bits per heavy atom. The maximum atomic E-state index is 13.3. The van der Waals surface area contributed by atoms with Gasteiger partial charge in [0.2, 0.25) is 0 Å². The fraction of sp³-hybridized carbons (Fsp3) is 0.0417. The van der Waals surface area contributed by atoms with Crippen LogP contribution in [0.5, 0.6) is 0 Å². The predicted molar refractivity (Wildman–Crippen MR) is 129 cm³/mol. The fourth-order valence-corrected chi connectivity index (χ4v) is 3.68. The van der Waals surface area contributed by atoms with Crippen LogP contribution in [-0.4, -0.2) is 37.9 Å². The lowest BCUT2D eigenvalue weighted by Crippen LogP contribution is -2.43. The van der Waals surface area contributed by atoms with Gasteiger partial charge in [-0.15, -0.1) is 0 Å². The maximum Gasteiger partial charge on any atom is 0.425 e. The standard InChI is InChI=1S/C24H19ClN6O4/c1-14-6-4-7-15(12-14)19-20(17-9-2-3-10-18(17)25)29-31(30-24(34)35)21(19)23(33)28-27-22(32)16-8-5-11-26-13-16/h2-13,30H,1H3,(H,27,32)(H,28,33)(H,34,35). The number of amides is 3. The molecule has 4 N–H and O–H groups in total. The van der Waals surface area contributed by atoms with Crippen molar-refractivity contribution in [1.29, 1.82) is 0 Å². The highest BCUT2D eigenvalue weighted by Crippen LogP contribution is 2.37. The Labute approximate surface area is 204 Å². The number of hydrazine groups is 1. The van der Waals surface area contributed by atoms with Crippen molar-refractivity contribution in [2.45, 2.75) is 6.92 Å². The number of halogens is 1. The molecule has 2 aromatic heterocycles. The molecular weight excluding hydrogens is 472 g/mol. The van der Waals surface area contributed by atoms with Crippen LogP contribution in [0.25, 0.3) is 22.4 Å². The van der Waals surface area contributed by atoms with Gasteiger partial charge in [0.1, 0.15) is 5.69 Å². The van der Waals surface area contributed by atoms with Gasteiger partial charge in [0, 0.05) is 23.5 Å². The molecule has 11 heteroatoms. The number of benzene rings is 2. The number of aromatic nitrogens is 3. The lowest BCUT2D eigenvalue weighted by molar-refractivity contribution is 0.0841. The van der Waals surface area contributed by atoms with E-state index in [1.54, 1.807) is 42.5 Å². The first-order valence-electron chi connectivity index (χ1n) is 10.3. The van der Waals surface area contributed by atoms with Crippen molar-refractivity contribution in [3.63, 3.8) is 0 Å². The topological polar surface area (TPSA) is 138 Å². The number of carboxylic acid groups (broad SMARTS) is 1. The average molecular weight is 491 g/mol. The van der Waals surface area contributed by atoms with Gasteiger partial charge >= 0.3 is 6.09 Å². The minimum atomic E-state index is -1.44. The molecule has 0 fully saturated rings. The summed E-state index contributed by atoms with van der Waals surface area (Å²) >= 11 is 6.42. The number of carbonyl (C=O) groups excluding carboxylic acids is 2. The number of nitrogens with one attached hydrogen (secondary N) is 3. The first kappa shape index (κ1) is 23.5. The average Bonchev–Trinajstić information content (AvgIpc) is 3.21. The number of carbonyl (C=O) groups is 3. The molecule has 4 aromatic rings. The van der Waals surface area contributed by atoms with Crippen molar-refractivity contribution in [2.75, 3.05) is 5.43 Å². The Kier molecular flexibility index (Phi) is 6.74. The van der Waals surface area contributed by atoms with Crippen LogP contribution in [0.4, 0.5) is 4.79 Å². The highest BCUT2D eigenvalue weighted by atomic mass is 35.5. The van der Waals surface area contributed by atoms with Gasteiger partial charge in [-0.2, -0.15) is 9.89 Å². The Morgan fingerprint density at radius 3 is 2.43 bits per heavy atom. The van der Waals surface area contributed by atoms with E-state index in [9.17, 15) is 19.5 Å². The molecule has 4 rings (SSSR count). The van der Waals surface area contributed by atoms with Crippen molar-refractivity contribution in [3.05, 3.63) is 94.9 Å². The summed E-state index contributed by atoms with van der Waals surface area (Å²) in [6, 6.07) is 17.2. The van der Waals surface area contributed by atoms with E-state index in [1.165, 1.54) is 18.5 Å². The SMILES string of the molecule is Cc1cccc(-c2c(-c3ccccc3Cl)nn(NC(=O)O)c2C(=O)NNC(=O)c2cccnc2)c1. The molecule has 2 aromatic carbocycles. The van der Waals surface area contributed by atoms with Crippen LogP contribution in [0.2, 0.25) is 5.02 Å². The van der Waals surface area contributed by atoms with Crippen molar-refractivity contribution < 1.29 is 19.5 Å². The summed E-state index contributed by atoms with van der Waals surface area (Å²) < 4.78 is 0. The highest BCUT2D eigenvalue weighted by Gasteiger charge is 2.28. The van der Waals surface area contributed by atoms with Crippen LogP contribution in [-0.2, 0) is 0 Å². The van der Waals surface area contributed by atoms with E-state index in [0.29, 0.717) is 21.7 Å². The summed E-state index contributed by atoms with van der Waals surface area (Å²) in [6.45, 7) is 1.88. The number of rotatable bonds is 5. The molecule has 0 aliphatic carbocycles. The number of pyridine rings is 1. The summed E-state index contributed by atoms with van der Waals surface area (Å²) in [5, 5.41) is 14.1. The molecule has 3 amide bonds. The number of aryl methyl sites for hydroxylation is 1. The largest absolute Gasteiger partial charge is 0.464 e. The van der Waals surface area contributed by atoms with E-state index in [0.717, 1.165) is 10.4 Å². The van der Waals surface area contributed by atoms with Crippen LogP contribution < -0.4 is 16.3 Å². The first-order chi connectivity index (χ1) is 16.8. The summed E-state index contributed by atoms with van der Waals surface area (Å²) in [5.41, 5.74) is 9.40. The Morgan fingerprint density at radius 2 is 1.74 bits per heavy atom. The van der Waals surface area contributed by atoms with E-state index in [2.05, 4.69) is 26.4 Å². The van der Waals surface area contributed by atoms with Crippen molar-refractivity contribution >= 4 is 29.5 Å². The van der Waals surface area contributed by atoms with Crippen LogP contribution in [0.1, 0.15) is 26.4 Å². The minimum absolute atomic E-state index is 0.153. The summed E-state index contributed by atoms with van der Waals surface area (Å²) in [4.78, 5) is 41.9. The molecule has 0 radical (unpaired) electrons. The molecule has 10 nitrogen and oxygen atoms in total. The Bertz CT molecular complexity index is 1420. The van der Waals surface area contributed by atoms with E-state index in [4.69, 9.17) is 11.6 Å². The molecule has 0 saturated heterocycles. The van der Waals surface area contributed by atoms with E-state index < -0.39 is 17.9 Å². The monoisotopic (exact) mass is 490 g/mol. The molecule has 0 saturated carbocycles. The normalized spacial score (nSPS) is 10.5. The molecule has 0 aliphatic heterocycles. The van der Waals surface area contributed by atoms with Gasteiger partial charge in [0.15, 0.2) is 5.69 Å². The van der Waals surface area contributed by atoms with Crippen LogP contribution in [0, 0.1) is 6.92 Å². The van der Waals surface area contributed by atoms with E-state index in [-0.39, 0.29) is 17.0 Å². The van der Waals surface area contributed by atoms with E-state index in [1.807, 2.05) is 19.1 Å². The molecule has 0 spiro atoms. The van der Waals surface area contributed by atoms with E-state index >= 15 is 0 Å². The zero-order chi connectivity index (χ0) is 24.9. The number of hydrogen-bond donors (Lipinski definition) is 4. The van der Waals surface area contributed by atoms with Crippen LogP contribution >= 0.6 is 11.6 Å². The third-order valence-corrected chi connectivity index (χ3v) is 5.28. The summed E-state index contributed by atoms with van der Waals surface area (Å²) in [6.07, 6.45) is 1.41. The zero-order valence-electron chi connectivity index (χ0n) is 18.3. The second-order valence-corrected chi connectivity index (χ2v) is 7.81. The summed E-state index contributed by atoms with van der Waals surface area (Å²) in [5.74, 6) is -1.41. The number of hydrogen-bond acceptors (Lipinski definition) is 5. The van der Waals surface area contributed by atoms with Gasteiger partial charge in [-0.25, -0.2) is 10.2 Å². The van der Waals surface area contributed by atoms with Gasteiger partial charge in [-0.1, -0.05) is 59.6 Å². The highest BCUT2D eigenvalue weighted by molar-refractivity contribution is 6.33. The van der Waals surface area contributed by atoms with Gasteiger partial charge < -0.3 is 5.11 Å². The molecule has 0 unspecified atom stereocenters. The Balaban J connectivity index is 1.84. The summed E-state index contributed by atoms with van der Waals surface area (Å²) in [7, 11) is 0. The lowest BCUT2D eigenvalue weighted by atomic mass is 9.97. The van der Waals surface area contributed by atoms with Gasteiger partial charge in [-0.05, 0) is 30.7 Å². The van der Waals surface area contributed by atoms with Gasteiger partial charge in [-0.3, -0.25) is 25.4 Å². The first-order valence-corrected chi connectivity index (χ1v) is 10.7. The van der Waals surface area contributed by atoms with Gasteiger partial charge in [0.05, 0.1) is 10.6 Å².